The fourth-order valence-corrected chi connectivity index (χ4v) is 2.56. The molecule has 1 aromatic carbocycles. The molecule has 1 fully saturated rings. The van der Waals surface area contributed by atoms with Gasteiger partial charge in [-0.25, -0.2) is 14.8 Å². The standard InChI is InChI=1S/C16H15N5O3/c1-21-6-4-14(20-21)19-15-11-8-10(2-3-12(11)17-9-18-15)24-13-5-7-23-16(13)22/h2-4,6,8-9,13H,5,7H2,1H3,(H,17,18,19,20). The Kier molecular flexibility index (Phi) is 3.49. The van der Waals surface area contributed by atoms with Gasteiger partial charge in [-0.1, -0.05) is 0 Å². The summed E-state index contributed by atoms with van der Waals surface area (Å²) in [5.74, 6) is 1.55. The van der Waals surface area contributed by atoms with Crippen LogP contribution in [0.1, 0.15) is 6.42 Å². The van der Waals surface area contributed by atoms with E-state index < -0.39 is 6.10 Å². The van der Waals surface area contributed by atoms with Crippen molar-refractivity contribution in [2.24, 2.45) is 7.05 Å². The van der Waals surface area contributed by atoms with Gasteiger partial charge in [-0.05, 0) is 18.2 Å². The third-order valence-corrected chi connectivity index (χ3v) is 3.73. The van der Waals surface area contributed by atoms with E-state index in [9.17, 15) is 4.79 Å². The molecule has 122 valence electrons. The van der Waals surface area contributed by atoms with Crippen molar-refractivity contribution in [1.29, 1.82) is 0 Å². The number of ether oxygens (including phenoxy) is 2. The number of cyclic esters (lactones) is 1. The van der Waals surface area contributed by atoms with Crippen LogP contribution >= 0.6 is 0 Å². The normalized spacial score (nSPS) is 17.0. The van der Waals surface area contributed by atoms with Crippen molar-refractivity contribution in [2.75, 3.05) is 11.9 Å². The number of rotatable bonds is 4. The SMILES string of the molecule is Cn1ccc(Nc2ncnc3ccc(OC4CCOC4=O)cc23)n1. The minimum Gasteiger partial charge on any atom is -0.479 e. The molecule has 1 N–H and O–H groups in total. The maximum absolute atomic E-state index is 11.6. The van der Waals surface area contributed by atoms with Gasteiger partial charge in [0.05, 0.1) is 12.1 Å². The van der Waals surface area contributed by atoms with Crippen molar-refractivity contribution in [3.63, 3.8) is 0 Å². The molecule has 1 aliphatic rings. The summed E-state index contributed by atoms with van der Waals surface area (Å²) >= 11 is 0. The van der Waals surface area contributed by atoms with Gasteiger partial charge in [-0.2, -0.15) is 5.10 Å². The van der Waals surface area contributed by atoms with Crippen LogP contribution in [0, 0.1) is 0 Å². The largest absolute Gasteiger partial charge is 0.479 e. The molecule has 24 heavy (non-hydrogen) atoms. The number of hydrogen-bond acceptors (Lipinski definition) is 7. The molecule has 1 aliphatic heterocycles. The van der Waals surface area contributed by atoms with Crippen molar-refractivity contribution < 1.29 is 14.3 Å². The quantitative estimate of drug-likeness (QED) is 0.731. The lowest BCUT2D eigenvalue weighted by molar-refractivity contribution is -0.143. The van der Waals surface area contributed by atoms with E-state index in [0.29, 0.717) is 30.4 Å². The Morgan fingerprint density at radius 2 is 2.25 bits per heavy atom. The van der Waals surface area contributed by atoms with Gasteiger partial charge in [-0.3, -0.25) is 4.68 Å². The molecule has 4 rings (SSSR count). The van der Waals surface area contributed by atoms with Crippen LogP contribution in [-0.2, 0) is 16.6 Å². The highest BCUT2D eigenvalue weighted by Crippen LogP contribution is 2.27. The third kappa shape index (κ3) is 2.73. The van der Waals surface area contributed by atoms with Crippen molar-refractivity contribution >= 4 is 28.5 Å². The second kappa shape index (κ2) is 5.80. The highest BCUT2D eigenvalue weighted by Gasteiger charge is 2.28. The summed E-state index contributed by atoms with van der Waals surface area (Å²) in [4.78, 5) is 20.1. The van der Waals surface area contributed by atoms with Crippen LogP contribution in [0.15, 0.2) is 36.8 Å². The molecule has 8 heteroatoms. The zero-order valence-electron chi connectivity index (χ0n) is 13.0. The van der Waals surface area contributed by atoms with E-state index in [1.165, 1.54) is 6.33 Å². The number of aromatic nitrogens is 4. The van der Waals surface area contributed by atoms with Crippen LogP contribution in [0.2, 0.25) is 0 Å². The molecule has 0 spiro atoms. The maximum atomic E-state index is 11.6. The Morgan fingerprint density at radius 3 is 3.00 bits per heavy atom. The zero-order chi connectivity index (χ0) is 16.5. The molecule has 3 heterocycles. The van der Waals surface area contributed by atoms with E-state index in [-0.39, 0.29) is 5.97 Å². The molecule has 0 bridgehead atoms. The Labute approximate surface area is 137 Å². The number of benzene rings is 1. The predicted molar refractivity (Wildman–Crippen MR) is 86.0 cm³/mol. The fraction of sp³-hybridized carbons (Fsp3) is 0.250. The van der Waals surface area contributed by atoms with E-state index >= 15 is 0 Å². The lowest BCUT2D eigenvalue weighted by Gasteiger charge is -2.11. The molecule has 1 unspecified atom stereocenters. The number of nitrogens with zero attached hydrogens (tertiary/aromatic N) is 4. The van der Waals surface area contributed by atoms with Crippen molar-refractivity contribution in [3.05, 3.63) is 36.8 Å². The molecule has 0 amide bonds. The van der Waals surface area contributed by atoms with Gasteiger partial charge in [0.25, 0.3) is 0 Å². The van der Waals surface area contributed by atoms with Gasteiger partial charge >= 0.3 is 5.97 Å². The number of carbonyl (C=O) groups is 1. The van der Waals surface area contributed by atoms with Gasteiger partial charge in [0.15, 0.2) is 11.9 Å². The first-order chi connectivity index (χ1) is 11.7. The van der Waals surface area contributed by atoms with Crippen LogP contribution in [0.4, 0.5) is 11.6 Å². The summed E-state index contributed by atoms with van der Waals surface area (Å²) in [7, 11) is 1.84. The van der Waals surface area contributed by atoms with Crippen LogP contribution in [-0.4, -0.2) is 38.4 Å². The highest BCUT2D eigenvalue weighted by atomic mass is 16.6. The predicted octanol–water partition coefficient (Wildman–Crippen LogP) is 1.80. The average molecular weight is 325 g/mol. The van der Waals surface area contributed by atoms with E-state index in [0.717, 1.165) is 10.9 Å². The summed E-state index contributed by atoms with van der Waals surface area (Å²) in [5, 5.41) is 8.23. The lowest BCUT2D eigenvalue weighted by atomic mass is 10.2. The van der Waals surface area contributed by atoms with Crippen LogP contribution in [0.3, 0.4) is 0 Å². The topological polar surface area (TPSA) is 91.2 Å². The molecule has 2 aromatic heterocycles. The van der Waals surface area contributed by atoms with E-state index in [1.807, 2.05) is 31.4 Å². The first-order valence-corrected chi connectivity index (χ1v) is 7.54. The highest BCUT2D eigenvalue weighted by molar-refractivity contribution is 5.91. The Morgan fingerprint density at radius 1 is 1.33 bits per heavy atom. The smallest absolute Gasteiger partial charge is 0.347 e. The second-order valence-corrected chi connectivity index (χ2v) is 5.46. The first-order valence-electron chi connectivity index (χ1n) is 7.54. The van der Waals surface area contributed by atoms with Gasteiger partial charge in [-0.15, -0.1) is 0 Å². The molecule has 0 aliphatic carbocycles. The lowest BCUT2D eigenvalue weighted by Crippen LogP contribution is -2.21. The molecular formula is C16H15N5O3. The molecule has 0 saturated carbocycles. The van der Waals surface area contributed by atoms with Gasteiger partial charge in [0.1, 0.15) is 17.9 Å². The Bertz CT molecular complexity index is 908. The van der Waals surface area contributed by atoms with E-state index in [1.54, 1.807) is 10.7 Å². The Hall–Kier alpha value is -3.16. The molecular weight excluding hydrogens is 310 g/mol. The molecule has 1 atom stereocenters. The number of aryl methyl sites for hydroxylation is 1. The van der Waals surface area contributed by atoms with Crippen LogP contribution in [0.25, 0.3) is 10.9 Å². The number of anilines is 2. The van der Waals surface area contributed by atoms with E-state index in [4.69, 9.17) is 9.47 Å². The minimum absolute atomic E-state index is 0.328. The number of carbonyl (C=O) groups excluding carboxylic acids is 1. The van der Waals surface area contributed by atoms with Gasteiger partial charge in [0, 0.05) is 31.1 Å². The number of nitrogens with one attached hydrogen (secondary N) is 1. The fourth-order valence-electron chi connectivity index (χ4n) is 2.56. The summed E-state index contributed by atoms with van der Waals surface area (Å²) in [6, 6.07) is 7.27. The van der Waals surface area contributed by atoms with Crippen molar-refractivity contribution in [3.8, 4) is 5.75 Å². The van der Waals surface area contributed by atoms with Gasteiger partial charge < -0.3 is 14.8 Å². The molecule has 8 nitrogen and oxygen atoms in total. The van der Waals surface area contributed by atoms with Crippen molar-refractivity contribution in [2.45, 2.75) is 12.5 Å². The zero-order valence-corrected chi connectivity index (χ0v) is 13.0. The summed E-state index contributed by atoms with van der Waals surface area (Å²) in [5.41, 5.74) is 0.768. The van der Waals surface area contributed by atoms with Crippen LogP contribution < -0.4 is 10.1 Å². The summed E-state index contributed by atoms with van der Waals surface area (Å²) in [6.07, 6.45) is 3.33. The minimum atomic E-state index is -0.556. The average Bonchev–Trinajstić information content (AvgIpc) is 3.17. The number of fused-ring (bicyclic) bond motifs is 1. The molecule has 0 radical (unpaired) electrons. The monoisotopic (exact) mass is 325 g/mol. The van der Waals surface area contributed by atoms with E-state index in [2.05, 4.69) is 20.4 Å². The first kappa shape index (κ1) is 14.4. The van der Waals surface area contributed by atoms with Gasteiger partial charge in [0.2, 0.25) is 0 Å². The summed E-state index contributed by atoms with van der Waals surface area (Å²) < 4.78 is 12.3. The third-order valence-electron chi connectivity index (χ3n) is 3.73. The second-order valence-electron chi connectivity index (χ2n) is 5.46. The van der Waals surface area contributed by atoms with Crippen LogP contribution in [0.5, 0.6) is 5.75 Å². The number of hydrogen-bond donors (Lipinski definition) is 1. The molecule has 1 saturated heterocycles. The number of esters is 1. The molecule has 3 aromatic rings. The maximum Gasteiger partial charge on any atom is 0.347 e. The van der Waals surface area contributed by atoms with Crippen molar-refractivity contribution in [1.82, 2.24) is 19.7 Å². The summed E-state index contributed by atoms with van der Waals surface area (Å²) in [6.45, 7) is 0.396. The Balaban J connectivity index is 1.66.